The largest absolute Gasteiger partial charge is 0.251 e. The van der Waals surface area contributed by atoms with Gasteiger partial charge in [-0.2, -0.15) is 0 Å². The van der Waals surface area contributed by atoms with Crippen LogP contribution in [0.1, 0.15) is 19.5 Å². The van der Waals surface area contributed by atoms with Gasteiger partial charge < -0.3 is 0 Å². The summed E-state index contributed by atoms with van der Waals surface area (Å²) in [5, 5.41) is 0. The lowest BCUT2D eigenvalue weighted by molar-refractivity contribution is 0.636. The highest BCUT2D eigenvalue weighted by atomic mass is 79.9. The molecule has 0 spiro atoms. The molecule has 0 N–H and O–H groups in total. The second-order valence-corrected chi connectivity index (χ2v) is 5.27. The smallest absolute Gasteiger partial charge is 0.106 e. The lowest BCUT2D eigenvalue weighted by Gasteiger charge is -2.06. The van der Waals surface area contributed by atoms with Crippen LogP contribution in [0.3, 0.4) is 0 Å². The number of hydrogen-bond acceptors (Lipinski definition) is 2. The average Bonchev–Trinajstić information content (AvgIpc) is 2.28. The van der Waals surface area contributed by atoms with E-state index in [4.69, 9.17) is 0 Å². The normalized spacial score (nSPS) is 10.8. The Labute approximate surface area is 110 Å². The summed E-state index contributed by atoms with van der Waals surface area (Å²) in [6.45, 7) is 4.40. The highest BCUT2D eigenvalue weighted by Crippen LogP contribution is 2.18. The Morgan fingerprint density at radius 2 is 1.65 bits per heavy atom. The maximum atomic E-state index is 4.64. The fourth-order valence-electron chi connectivity index (χ4n) is 1.71. The van der Waals surface area contributed by atoms with Crippen LogP contribution in [-0.4, -0.2) is 9.97 Å². The van der Waals surface area contributed by atoms with E-state index in [1.807, 2.05) is 30.3 Å². The van der Waals surface area contributed by atoms with E-state index in [1.54, 1.807) is 0 Å². The summed E-state index contributed by atoms with van der Waals surface area (Å²) in [5.74, 6) is 0.619. The van der Waals surface area contributed by atoms with Gasteiger partial charge in [0.05, 0.1) is 11.4 Å². The van der Waals surface area contributed by atoms with Crippen LogP contribution in [-0.2, 0) is 6.42 Å². The number of aromatic nitrogens is 2. The summed E-state index contributed by atoms with van der Waals surface area (Å²) < 4.78 is 0.839. The molecule has 0 aliphatic carbocycles. The molecule has 2 nitrogen and oxygen atoms in total. The number of nitrogens with zero attached hydrogens (tertiary/aromatic N) is 2. The molecule has 0 saturated heterocycles. The van der Waals surface area contributed by atoms with Crippen molar-refractivity contribution >= 4 is 15.9 Å². The standard InChI is InChI=1S/C14H15BrN2/c1-10(2)9-11-5-3-6-12(16-11)13-7-4-8-14(15)17-13/h3-8,10H,9H2,1-2H3. The molecule has 2 aromatic heterocycles. The van der Waals surface area contributed by atoms with Gasteiger partial charge in [0.25, 0.3) is 0 Å². The van der Waals surface area contributed by atoms with Crippen molar-refractivity contribution in [1.29, 1.82) is 0 Å². The van der Waals surface area contributed by atoms with Crippen molar-refractivity contribution in [2.75, 3.05) is 0 Å². The van der Waals surface area contributed by atoms with Crippen molar-refractivity contribution in [1.82, 2.24) is 9.97 Å². The zero-order chi connectivity index (χ0) is 12.3. The van der Waals surface area contributed by atoms with Crippen LogP contribution in [0.15, 0.2) is 41.0 Å². The van der Waals surface area contributed by atoms with Gasteiger partial charge in [-0.15, -0.1) is 0 Å². The summed E-state index contributed by atoms with van der Waals surface area (Å²) in [7, 11) is 0. The van der Waals surface area contributed by atoms with Crippen molar-refractivity contribution in [2.24, 2.45) is 5.92 Å². The lowest BCUT2D eigenvalue weighted by Crippen LogP contribution is -1.98. The lowest BCUT2D eigenvalue weighted by atomic mass is 10.1. The molecule has 0 atom stereocenters. The van der Waals surface area contributed by atoms with Gasteiger partial charge in [-0.3, -0.25) is 4.98 Å². The maximum absolute atomic E-state index is 4.64. The van der Waals surface area contributed by atoms with Gasteiger partial charge in [0.15, 0.2) is 0 Å². The molecule has 0 aromatic carbocycles. The highest BCUT2D eigenvalue weighted by Gasteiger charge is 2.04. The average molecular weight is 291 g/mol. The highest BCUT2D eigenvalue weighted by molar-refractivity contribution is 9.10. The van der Waals surface area contributed by atoms with Gasteiger partial charge in [0.2, 0.25) is 0 Å². The number of pyridine rings is 2. The summed E-state index contributed by atoms with van der Waals surface area (Å²) in [6, 6.07) is 12.0. The minimum Gasteiger partial charge on any atom is -0.251 e. The molecule has 2 rings (SSSR count). The molecule has 2 heterocycles. The Morgan fingerprint density at radius 1 is 1.00 bits per heavy atom. The SMILES string of the molecule is CC(C)Cc1cccc(-c2cccc(Br)n2)n1. The van der Waals surface area contributed by atoms with Crippen molar-refractivity contribution in [3.05, 3.63) is 46.7 Å². The first-order valence-electron chi connectivity index (χ1n) is 5.74. The van der Waals surface area contributed by atoms with Crippen LogP contribution in [0, 0.1) is 5.92 Å². The van der Waals surface area contributed by atoms with E-state index in [1.165, 1.54) is 0 Å². The molecule has 88 valence electrons. The van der Waals surface area contributed by atoms with Gasteiger partial charge in [-0.1, -0.05) is 26.0 Å². The van der Waals surface area contributed by atoms with Crippen molar-refractivity contribution in [3.63, 3.8) is 0 Å². The third-order valence-corrected chi connectivity index (χ3v) is 2.84. The Morgan fingerprint density at radius 3 is 2.29 bits per heavy atom. The van der Waals surface area contributed by atoms with E-state index in [2.05, 4.69) is 45.8 Å². The molecule has 0 aliphatic rings. The molecule has 0 bridgehead atoms. The van der Waals surface area contributed by atoms with Gasteiger partial charge >= 0.3 is 0 Å². The minimum atomic E-state index is 0.619. The summed E-state index contributed by atoms with van der Waals surface area (Å²) in [6.07, 6.45) is 1.00. The van der Waals surface area contributed by atoms with Gasteiger partial charge in [0, 0.05) is 5.69 Å². The van der Waals surface area contributed by atoms with E-state index in [-0.39, 0.29) is 0 Å². The second kappa shape index (κ2) is 5.41. The second-order valence-electron chi connectivity index (χ2n) is 4.46. The molecule has 0 saturated carbocycles. The quantitative estimate of drug-likeness (QED) is 0.795. The van der Waals surface area contributed by atoms with Crippen LogP contribution in [0.25, 0.3) is 11.4 Å². The van der Waals surface area contributed by atoms with Crippen LogP contribution >= 0.6 is 15.9 Å². The summed E-state index contributed by atoms with van der Waals surface area (Å²) in [5.41, 5.74) is 2.97. The zero-order valence-corrected chi connectivity index (χ0v) is 11.6. The topological polar surface area (TPSA) is 25.8 Å². The number of rotatable bonds is 3. The molecule has 0 unspecified atom stereocenters. The van der Waals surface area contributed by atoms with E-state index in [0.29, 0.717) is 5.92 Å². The molecular weight excluding hydrogens is 276 g/mol. The summed E-state index contributed by atoms with van der Waals surface area (Å²) in [4.78, 5) is 9.06. The third-order valence-electron chi connectivity index (χ3n) is 2.40. The first-order chi connectivity index (χ1) is 8.15. The van der Waals surface area contributed by atoms with Crippen LogP contribution in [0.5, 0.6) is 0 Å². The monoisotopic (exact) mass is 290 g/mol. The third kappa shape index (κ3) is 3.37. The molecule has 3 heteroatoms. The predicted octanol–water partition coefficient (Wildman–Crippen LogP) is 4.10. The Bertz CT molecular complexity index is 509. The van der Waals surface area contributed by atoms with E-state index in [0.717, 1.165) is 28.1 Å². The van der Waals surface area contributed by atoms with Crippen LogP contribution in [0.2, 0.25) is 0 Å². The molecule has 0 aliphatic heterocycles. The van der Waals surface area contributed by atoms with Crippen molar-refractivity contribution < 1.29 is 0 Å². The minimum absolute atomic E-state index is 0.619. The number of hydrogen-bond donors (Lipinski definition) is 0. The molecular formula is C14H15BrN2. The fraction of sp³-hybridized carbons (Fsp3) is 0.286. The molecule has 0 fully saturated rings. The van der Waals surface area contributed by atoms with Crippen molar-refractivity contribution in [2.45, 2.75) is 20.3 Å². The first kappa shape index (κ1) is 12.2. The molecule has 2 aromatic rings. The molecule has 0 radical (unpaired) electrons. The Hall–Kier alpha value is -1.22. The van der Waals surface area contributed by atoms with E-state index >= 15 is 0 Å². The molecule has 0 amide bonds. The Kier molecular flexibility index (Phi) is 3.89. The van der Waals surface area contributed by atoms with Gasteiger partial charge in [0.1, 0.15) is 4.60 Å². The Balaban J connectivity index is 2.33. The van der Waals surface area contributed by atoms with E-state index in [9.17, 15) is 0 Å². The zero-order valence-electron chi connectivity index (χ0n) is 10.0. The van der Waals surface area contributed by atoms with Crippen LogP contribution in [0.4, 0.5) is 0 Å². The fourth-order valence-corrected chi connectivity index (χ4v) is 2.05. The van der Waals surface area contributed by atoms with Crippen LogP contribution < -0.4 is 0 Å². The first-order valence-corrected chi connectivity index (χ1v) is 6.53. The van der Waals surface area contributed by atoms with Gasteiger partial charge in [-0.05, 0) is 52.5 Å². The van der Waals surface area contributed by atoms with E-state index < -0.39 is 0 Å². The number of halogens is 1. The molecule has 17 heavy (non-hydrogen) atoms. The van der Waals surface area contributed by atoms with Gasteiger partial charge in [-0.25, -0.2) is 4.98 Å². The predicted molar refractivity (Wildman–Crippen MR) is 73.7 cm³/mol. The summed E-state index contributed by atoms with van der Waals surface area (Å²) >= 11 is 3.38. The maximum Gasteiger partial charge on any atom is 0.106 e. The van der Waals surface area contributed by atoms with Crippen molar-refractivity contribution in [3.8, 4) is 11.4 Å².